The number of carbonyl (C=O) groups excluding carboxylic acids is 1. The number of nitro benzene ring substituents is 1. The lowest BCUT2D eigenvalue weighted by Gasteiger charge is -2.15. The number of halogens is 1. The minimum absolute atomic E-state index is 0.0380. The highest BCUT2D eigenvalue weighted by molar-refractivity contribution is 6.34. The Balaban J connectivity index is 2.96. The van der Waals surface area contributed by atoms with Gasteiger partial charge in [-0.25, -0.2) is 4.79 Å². The fourth-order valence-electron chi connectivity index (χ4n) is 1.96. The molecule has 1 aromatic rings. The maximum atomic E-state index is 12.2. The average molecular weight is 381 g/mol. The molecule has 0 saturated carbocycles. The van der Waals surface area contributed by atoms with E-state index in [-0.39, 0.29) is 22.3 Å². The van der Waals surface area contributed by atoms with Crippen LogP contribution in [0.3, 0.4) is 0 Å². The van der Waals surface area contributed by atoms with Gasteiger partial charge in [-0.15, -0.1) is 0 Å². The molecule has 26 heavy (non-hydrogen) atoms. The third-order valence-corrected chi connectivity index (χ3v) is 3.54. The molecule has 3 N–H and O–H groups in total. The monoisotopic (exact) mass is 380 g/mol. The Labute approximate surface area is 154 Å². The number of rotatable bonds is 8. The topological polar surface area (TPSA) is 145 Å². The largest absolute Gasteiger partial charge is 0.480 e. The number of carbonyl (C=O) groups is 2. The highest BCUT2D eigenvalue weighted by atomic mass is 35.5. The van der Waals surface area contributed by atoms with E-state index in [1.165, 1.54) is 12.1 Å². The van der Waals surface area contributed by atoms with Crippen molar-refractivity contribution in [2.24, 2.45) is 5.92 Å². The third kappa shape index (κ3) is 6.07. The number of nitrogens with one attached hydrogen (secondary N) is 2. The van der Waals surface area contributed by atoms with Crippen molar-refractivity contribution in [2.45, 2.75) is 26.3 Å². The summed E-state index contributed by atoms with van der Waals surface area (Å²) in [6, 6.07) is 4.15. The van der Waals surface area contributed by atoms with Crippen molar-refractivity contribution in [1.82, 2.24) is 5.32 Å². The fourth-order valence-corrected chi connectivity index (χ4v) is 2.12. The smallest absolute Gasteiger partial charge is 0.326 e. The maximum Gasteiger partial charge on any atom is 0.326 e. The molecule has 10 heteroatoms. The molecule has 0 aliphatic carbocycles. The van der Waals surface area contributed by atoms with Crippen LogP contribution in [0.25, 0.3) is 0 Å². The second-order valence-electron chi connectivity index (χ2n) is 5.73. The quantitative estimate of drug-likeness (QED) is 0.272. The van der Waals surface area contributed by atoms with Crippen LogP contribution in [0.15, 0.2) is 30.0 Å². The fraction of sp³-hybridized carbons (Fsp3) is 0.312. The van der Waals surface area contributed by atoms with Crippen LogP contribution in [0.2, 0.25) is 5.02 Å². The molecule has 0 heterocycles. The van der Waals surface area contributed by atoms with Crippen LogP contribution in [0.1, 0.15) is 20.3 Å². The number of hydrogen-bond acceptors (Lipinski definition) is 6. The van der Waals surface area contributed by atoms with E-state index in [1.807, 2.05) is 13.8 Å². The number of anilines is 1. The first-order valence-corrected chi connectivity index (χ1v) is 7.88. The summed E-state index contributed by atoms with van der Waals surface area (Å²) in [5, 5.41) is 33.9. The van der Waals surface area contributed by atoms with Gasteiger partial charge in [-0.1, -0.05) is 25.4 Å². The summed E-state index contributed by atoms with van der Waals surface area (Å²) in [7, 11) is 0. The summed E-state index contributed by atoms with van der Waals surface area (Å²) in [4.78, 5) is 33.5. The Morgan fingerprint density at radius 1 is 1.46 bits per heavy atom. The molecular weight excluding hydrogens is 364 g/mol. The first kappa shape index (κ1) is 20.9. The highest BCUT2D eigenvalue weighted by Gasteiger charge is 2.19. The molecule has 1 aromatic carbocycles. The average Bonchev–Trinajstić information content (AvgIpc) is 2.55. The van der Waals surface area contributed by atoms with Gasteiger partial charge in [0.2, 0.25) is 0 Å². The first-order chi connectivity index (χ1) is 12.1. The van der Waals surface area contributed by atoms with E-state index >= 15 is 0 Å². The molecule has 0 saturated heterocycles. The number of nitrogens with zero attached hydrogens (tertiary/aromatic N) is 2. The standard InChI is InChI=1S/C16H17ClN4O5/c1-9(2)5-14(16(23)24)19-8-10(7-18)15(22)20-13-6-11(21(25)26)3-4-12(13)17/h3-4,6,8-9,14,19H,5H2,1-2H3,(H,20,22)(H,23,24)/b10-8-. The molecule has 1 amide bonds. The van der Waals surface area contributed by atoms with Gasteiger partial charge in [0, 0.05) is 18.3 Å². The van der Waals surface area contributed by atoms with Crippen molar-refractivity contribution in [3.05, 3.63) is 45.1 Å². The molecule has 1 rings (SSSR count). The summed E-state index contributed by atoms with van der Waals surface area (Å²) < 4.78 is 0. The normalized spacial score (nSPS) is 12.2. The molecule has 1 unspecified atom stereocenters. The highest BCUT2D eigenvalue weighted by Crippen LogP contribution is 2.27. The molecule has 0 spiro atoms. The van der Waals surface area contributed by atoms with E-state index < -0.39 is 28.4 Å². The Morgan fingerprint density at radius 3 is 2.62 bits per heavy atom. The minimum atomic E-state index is -1.12. The van der Waals surface area contributed by atoms with Crippen LogP contribution in [0.4, 0.5) is 11.4 Å². The number of hydrogen-bond donors (Lipinski definition) is 3. The van der Waals surface area contributed by atoms with Gasteiger partial charge in [-0.3, -0.25) is 14.9 Å². The Hall–Kier alpha value is -3.12. The lowest BCUT2D eigenvalue weighted by atomic mass is 10.0. The molecule has 0 aliphatic heterocycles. The number of benzene rings is 1. The summed E-state index contributed by atoms with van der Waals surface area (Å²) >= 11 is 5.89. The van der Waals surface area contributed by atoms with Gasteiger partial charge in [0.05, 0.1) is 15.6 Å². The SMILES string of the molecule is CC(C)CC(N/C=C(/C#N)C(=O)Nc1cc([N+](=O)[O-])ccc1Cl)C(=O)O. The van der Waals surface area contributed by atoms with E-state index in [2.05, 4.69) is 10.6 Å². The van der Waals surface area contributed by atoms with Crippen molar-refractivity contribution in [2.75, 3.05) is 5.32 Å². The molecule has 0 aromatic heterocycles. The predicted octanol–water partition coefficient (Wildman–Crippen LogP) is 2.68. The molecule has 0 bridgehead atoms. The molecule has 0 fully saturated rings. The van der Waals surface area contributed by atoms with Crippen LogP contribution in [0.5, 0.6) is 0 Å². The van der Waals surface area contributed by atoms with Gasteiger partial charge in [0.25, 0.3) is 11.6 Å². The zero-order valence-corrected chi connectivity index (χ0v) is 14.8. The lowest BCUT2D eigenvalue weighted by Crippen LogP contribution is -2.35. The van der Waals surface area contributed by atoms with Crippen molar-refractivity contribution in [1.29, 1.82) is 5.26 Å². The maximum absolute atomic E-state index is 12.2. The van der Waals surface area contributed by atoms with Gasteiger partial charge in [0.1, 0.15) is 17.7 Å². The first-order valence-electron chi connectivity index (χ1n) is 7.50. The van der Waals surface area contributed by atoms with Crippen molar-refractivity contribution < 1.29 is 19.6 Å². The summed E-state index contributed by atoms with van der Waals surface area (Å²) in [6.45, 7) is 3.67. The van der Waals surface area contributed by atoms with Crippen LogP contribution >= 0.6 is 11.6 Å². The predicted molar refractivity (Wildman–Crippen MR) is 94.4 cm³/mol. The van der Waals surface area contributed by atoms with Gasteiger partial charge in [-0.05, 0) is 18.4 Å². The van der Waals surface area contributed by atoms with Crippen molar-refractivity contribution in [3.8, 4) is 6.07 Å². The van der Waals surface area contributed by atoms with Crippen LogP contribution in [-0.4, -0.2) is 27.9 Å². The van der Waals surface area contributed by atoms with Crippen molar-refractivity contribution in [3.63, 3.8) is 0 Å². The van der Waals surface area contributed by atoms with Gasteiger partial charge < -0.3 is 15.7 Å². The number of non-ortho nitro benzene ring substituents is 1. The van der Waals surface area contributed by atoms with Crippen LogP contribution in [-0.2, 0) is 9.59 Å². The Kier molecular flexibility index (Phi) is 7.55. The molecule has 1 atom stereocenters. The van der Waals surface area contributed by atoms with E-state index in [1.54, 1.807) is 6.07 Å². The van der Waals surface area contributed by atoms with Gasteiger partial charge in [0.15, 0.2) is 0 Å². The number of carboxylic acid groups (broad SMARTS) is 1. The summed E-state index contributed by atoms with van der Waals surface area (Å²) in [5.41, 5.74) is -0.722. The number of nitriles is 1. The van der Waals surface area contributed by atoms with E-state index in [9.17, 15) is 19.7 Å². The lowest BCUT2D eigenvalue weighted by molar-refractivity contribution is -0.384. The molecular formula is C16H17ClN4O5. The van der Waals surface area contributed by atoms with Crippen LogP contribution < -0.4 is 10.6 Å². The number of aliphatic carboxylic acids is 1. The molecule has 0 aliphatic rings. The van der Waals surface area contributed by atoms with Crippen LogP contribution in [0, 0.1) is 27.4 Å². The second kappa shape index (κ2) is 9.39. The number of amides is 1. The van der Waals surface area contributed by atoms with E-state index in [0.717, 1.165) is 12.3 Å². The second-order valence-corrected chi connectivity index (χ2v) is 6.14. The molecule has 0 radical (unpaired) electrons. The van der Waals surface area contributed by atoms with Crippen molar-refractivity contribution >= 4 is 34.9 Å². The Morgan fingerprint density at radius 2 is 2.12 bits per heavy atom. The summed E-state index contributed by atoms with van der Waals surface area (Å²) in [6.07, 6.45) is 1.30. The number of nitro groups is 1. The number of carboxylic acids is 1. The molecule has 138 valence electrons. The van der Waals surface area contributed by atoms with Gasteiger partial charge >= 0.3 is 5.97 Å². The molecule has 9 nitrogen and oxygen atoms in total. The summed E-state index contributed by atoms with van der Waals surface area (Å²) in [5.74, 6) is -1.91. The van der Waals surface area contributed by atoms with E-state index in [4.69, 9.17) is 22.0 Å². The zero-order valence-electron chi connectivity index (χ0n) is 14.0. The zero-order chi connectivity index (χ0) is 19.9. The van der Waals surface area contributed by atoms with E-state index in [0.29, 0.717) is 6.42 Å². The third-order valence-electron chi connectivity index (χ3n) is 3.21. The minimum Gasteiger partial charge on any atom is -0.480 e. The van der Waals surface area contributed by atoms with Gasteiger partial charge in [-0.2, -0.15) is 5.26 Å². The Bertz CT molecular complexity index is 785.